The molecular weight excluding hydrogens is 584 g/mol. The van der Waals surface area contributed by atoms with E-state index in [4.69, 9.17) is 14.2 Å². The molecule has 45 heavy (non-hydrogen) atoms. The lowest BCUT2D eigenvalue weighted by molar-refractivity contribution is -0.311. The molecule has 2 saturated carbocycles. The fourth-order valence-electron chi connectivity index (χ4n) is 9.74. The number of hydrogen-bond donors (Lipinski definition) is 6. The molecule has 0 amide bonds. The summed E-state index contributed by atoms with van der Waals surface area (Å²) in [4.78, 5) is 26.6. The summed E-state index contributed by atoms with van der Waals surface area (Å²) in [5.74, 6) is -0.508. The molecule has 0 bridgehead atoms. The number of ketones is 1. The van der Waals surface area contributed by atoms with Crippen LogP contribution < -0.4 is 0 Å². The van der Waals surface area contributed by atoms with Crippen LogP contribution in [0.1, 0.15) is 72.6 Å². The number of cyclic esters (lactones) is 1. The van der Waals surface area contributed by atoms with E-state index in [2.05, 4.69) is 19.1 Å². The largest absolute Gasteiger partial charge is 0.456 e. The summed E-state index contributed by atoms with van der Waals surface area (Å²) >= 11 is 0. The van der Waals surface area contributed by atoms with Crippen molar-refractivity contribution in [1.82, 2.24) is 0 Å². The van der Waals surface area contributed by atoms with Crippen LogP contribution in [0.2, 0.25) is 0 Å². The Kier molecular flexibility index (Phi) is 8.52. The minimum atomic E-state index is -1.55. The van der Waals surface area contributed by atoms with E-state index in [9.17, 15) is 40.2 Å². The van der Waals surface area contributed by atoms with Gasteiger partial charge in [-0.2, -0.15) is 0 Å². The van der Waals surface area contributed by atoms with Crippen molar-refractivity contribution in [3.8, 4) is 0 Å². The van der Waals surface area contributed by atoms with E-state index in [-0.39, 0.29) is 47.6 Å². The van der Waals surface area contributed by atoms with E-state index >= 15 is 0 Å². The van der Waals surface area contributed by atoms with Gasteiger partial charge in [0.05, 0.1) is 30.3 Å². The fraction of sp³-hybridized carbons (Fsp3) is 0.765. The first kappa shape index (κ1) is 33.0. The van der Waals surface area contributed by atoms with Gasteiger partial charge < -0.3 is 44.8 Å². The second-order valence-electron chi connectivity index (χ2n) is 14.8. The van der Waals surface area contributed by atoms with Gasteiger partial charge in [-0.1, -0.05) is 35.8 Å². The molecule has 2 aliphatic heterocycles. The number of allylic oxidation sites excluding steroid dienone is 3. The molecule has 6 rings (SSSR count). The predicted molar refractivity (Wildman–Crippen MR) is 159 cm³/mol. The Bertz CT molecular complexity index is 1310. The highest BCUT2D eigenvalue weighted by Crippen LogP contribution is 2.65. The number of carbonyl (C=O) groups is 2. The van der Waals surface area contributed by atoms with Gasteiger partial charge in [0.2, 0.25) is 0 Å². The predicted octanol–water partition coefficient (Wildman–Crippen LogP) is 1.22. The quantitative estimate of drug-likeness (QED) is 0.183. The molecule has 6 N–H and O–H groups in total. The highest BCUT2D eigenvalue weighted by Gasteiger charge is 2.62. The Hall–Kier alpha value is -1.96. The fourth-order valence-corrected chi connectivity index (χ4v) is 9.74. The highest BCUT2D eigenvalue weighted by molar-refractivity contribution is 5.91. The van der Waals surface area contributed by atoms with Crippen molar-refractivity contribution in [2.75, 3.05) is 13.2 Å². The van der Waals surface area contributed by atoms with Crippen LogP contribution in [0, 0.1) is 28.6 Å². The number of hydrogen-bond acceptors (Lipinski definition) is 11. The number of fused-ring (bicyclic) bond motifs is 5. The second-order valence-corrected chi connectivity index (χ2v) is 14.8. The van der Waals surface area contributed by atoms with Gasteiger partial charge in [-0.25, -0.2) is 4.79 Å². The third-order valence-corrected chi connectivity index (χ3v) is 12.5. The number of Topliss-reactive ketones (excluding diaryl/α,β-unsaturated/α-hetero) is 1. The topological polar surface area (TPSA) is 183 Å². The zero-order chi connectivity index (χ0) is 32.6. The molecule has 11 nitrogen and oxygen atoms in total. The number of carbonyl (C=O) groups excluding carboxylic acids is 2. The lowest BCUT2D eigenvalue weighted by atomic mass is 9.47. The molecular formula is C34H48O11. The standard InChI is InChI=1S/C34H48O11/c1-16-11-26(45-30(41)20(16)14-35)34(4,42)24-8-7-21-19-6-5-17-12-18(43-31-29(40)28(39)27(38)23(15-36)44-31)13-25(37)33(17,3)22(19)9-10-32(21,24)2/h5,7,18-19,22-24,26-29,31,35-36,38-40,42H,6,8-15H2,1-4H3/t18-,19+,22+,23-,24+,26-,27-,28+,29-,31-,32+,33+,34-/m1/s1. The molecule has 0 aromatic heterocycles. The first-order valence-electron chi connectivity index (χ1n) is 16.3. The van der Waals surface area contributed by atoms with Crippen LogP contribution in [-0.4, -0.2) is 104 Å². The molecule has 0 aromatic rings. The van der Waals surface area contributed by atoms with Crippen molar-refractivity contribution in [1.29, 1.82) is 0 Å². The maximum Gasteiger partial charge on any atom is 0.336 e. The van der Waals surface area contributed by atoms with Crippen molar-refractivity contribution >= 4 is 11.8 Å². The van der Waals surface area contributed by atoms with E-state index in [0.29, 0.717) is 19.3 Å². The minimum absolute atomic E-state index is 0.0473. The Morgan fingerprint density at radius 1 is 1.02 bits per heavy atom. The van der Waals surface area contributed by atoms with Crippen LogP contribution in [0.3, 0.4) is 0 Å². The Labute approximate surface area is 263 Å². The molecule has 0 aromatic carbocycles. The zero-order valence-electron chi connectivity index (χ0n) is 26.5. The summed E-state index contributed by atoms with van der Waals surface area (Å²) in [7, 11) is 0. The first-order chi connectivity index (χ1) is 21.2. The molecule has 11 heteroatoms. The minimum Gasteiger partial charge on any atom is -0.456 e. The molecule has 3 fully saturated rings. The number of aliphatic hydroxyl groups excluding tert-OH is 5. The second kappa shape index (κ2) is 11.6. The summed E-state index contributed by atoms with van der Waals surface area (Å²) in [6.45, 7) is 6.85. The van der Waals surface area contributed by atoms with Crippen LogP contribution in [0.25, 0.3) is 0 Å². The lowest BCUT2D eigenvalue weighted by Crippen LogP contribution is -2.60. The van der Waals surface area contributed by atoms with E-state index in [1.54, 1.807) is 13.8 Å². The van der Waals surface area contributed by atoms with Gasteiger partial charge in [0.25, 0.3) is 0 Å². The van der Waals surface area contributed by atoms with Crippen LogP contribution in [0.15, 0.2) is 34.4 Å². The van der Waals surface area contributed by atoms with Gasteiger partial charge in [0, 0.05) is 18.8 Å². The van der Waals surface area contributed by atoms with Gasteiger partial charge >= 0.3 is 5.97 Å². The van der Waals surface area contributed by atoms with Crippen molar-refractivity contribution in [3.05, 3.63) is 34.4 Å². The van der Waals surface area contributed by atoms with Crippen molar-refractivity contribution in [2.45, 2.75) is 121 Å². The van der Waals surface area contributed by atoms with Gasteiger partial charge in [-0.15, -0.1) is 0 Å². The van der Waals surface area contributed by atoms with Gasteiger partial charge in [-0.05, 0) is 70.1 Å². The van der Waals surface area contributed by atoms with Crippen LogP contribution in [-0.2, 0) is 23.8 Å². The Morgan fingerprint density at radius 2 is 1.76 bits per heavy atom. The average Bonchev–Trinajstić information content (AvgIpc) is 3.36. The molecule has 250 valence electrons. The Morgan fingerprint density at radius 3 is 2.42 bits per heavy atom. The third kappa shape index (κ3) is 5.01. The first-order valence-corrected chi connectivity index (χ1v) is 16.3. The monoisotopic (exact) mass is 632 g/mol. The lowest BCUT2D eigenvalue weighted by Gasteiger charge is -2.57. The van der Waals surface area contributed by atoms with Gasteiger partial charge in [0.15, 0.2) is 6.29 Å². The number of esters is 1. The number of rotatable bonds is 6. The SMILES string of the molecule is CC1=C(CO)C(=O)O[C@@H]([C@](C)(O)[C@H]2CC=C3[C@@H]4CC=C5C[C@@H](O[C@@H]6O[C@H](CO)[C@@H](O)[C@H](O)[C@H]6O)CC(=O)[C@]5(C)[C@H]4CC[C@@]32C)C1. The van der Waals surface area contributed by atoms with Crippen molar-refractivity contribution in [3.63, 3.8) is 0 Å². The summed E-state index contributed by atoms with van der Waals surface area (Å²) < 4.78 is 17.3. The Balaban J connectivity index is 1.19. The molecule has 0 unspecified atom stereocenters. The average molecular weight is 633 g/mol. The van der Waals surface area contributed by atoms with E-state index in [1.165, 1.54) is 5.57 Å². The summed E-state index contributed by atoms with van der Waals surface area (Å²) in [6.07, 6.45) is 0.0297. The summed E-state index contributed by atoms with van der Waals surface area (Å²) in [5, 5.41) is 61.9. The normalized spacial score (nSPS) is 46.4. The van der Waals surface area contributed by atoms with E-state index < -0.39 is 66.5 Å². The third-order valence-electron chi connectivity index (χ3n) is 12.5. The number of ether oxygens (including phenoxy) is 3. The van der Waals surface area contributed by atoms with Gasteiger partial charge in [0.1, 0.15) is 41.9 Å². The van der Waals surface area contributed by atoms with Crippen LogP contribution >= 0.6 is 0 Å². The van der Waals surface area contributed by atoms with Crippen molar-refractivity contribution in [2.24, 2.45) is 28.6 Å². The summed E-state index contributed by atoms with van der Waals surface area (Å²) in [5.41, 5.74) is 0.932. The van der Waals surface area contributed by atoms with Crippen LogP contribution in [0.5, 0.6) is 0 Å². The molecule has 4 aliphatic carbocycles. The zero-order valence-corrected chi connectivity index (χ0v) is 26.5. The highest BCUT2D eigenvalue weighted by atomic mass is 16.7. The van der Waals surface area contributed by atoms with E-state index in [1.807, 2.05) is 6.92 Å². The maximum atomic E-state index is 14.0. The molecule has 0 spiro atoms. The molecule has 0 radical (unpaired) electrons. The molecule has 6 aliphatic rings. The smallest absolute Gasteiger partial charge is 0.336 e. The molecule has 13 atom stereocenters. The van der Waals surface area contributed by atoms with Gasteiger partial charge in [-0.3, -0.25) is 4.79 Å². The summed E-state index contributed by atoms with van der Waals surface area (Å²) in [6, 6.07) is 0. The number of aliphatic hydroxyl groups is 6. The van der Waals surface area contributed by atoms with Crippen LogP contribution in [0.4, 0.5) is 0 Å². The molecule has 2 heterocycles. The van der Waals surface area contributed by atoms with Crippen molar-refractivity contribution < 1.29 is 54.4 Å². The molecule has 1 saturated heterocycles. The maximum absolute atomic E-state index is 14.0. The van der Waals surface area contributed by atoms with E-state index in [0.717, 1.165) is 30.4 Å².